The minimum absolute atomic E-state index is 0.120. The molecule has 1 atom stereocenters. The van der Waals surface area contributed by atoms with Crippen LogP contribution >= 0.6 is 0 Å². The van der Waals surface area contributed by atoms with Gasteiger partial charge in [0.1, 0.15) is 0 Å². The van der Waals surface area contributed by atoms with Crippen molar-refractivity contribution in [1.29, 1.82) is 0 Å². The smallest absolute Gasteiger partial charge is 0.304 e. The maximum absolute atomic E-state index is 12.3. The molecule has 1 aromatic rings. The minimum Gasteiger partial charge on any atom is -0.481 e. The fourth-order valence-electron chi connectivity index (χ4n) is 2.05. The summed E-state index contributed by atoms with van der Waals surface area (Å²) in [5, 5.41) is 8.84. The zero-order chi connectivity index (χ0) is 14.6. The van der Waals surface area contributed by atoms with E-state index in [1.54, 1.807) is 26.0 Å². The van der Waals surface area contributed by atoms with E-state index in [1.807, 2.05) is 12.1 Å². The number of Topliss-reactive ketones (excluding diaryl/α,β-unsaturated/α-hetero) is 1. The second kappa shape index (κ2) is 6.00. The minimum atomic E-state index is -0.949. The van der Waals surface area contributed by atoms with E-state index in [0.717, 1.165) is 6.42 Å². The van der Waals surface area contributed by atoms with Crippen molar-refractivity contribution in [3.05, 3.63) is 35.4 Å². The molecule has 1 unspecified atom stereocenters. The first-order valence-electron chi connectivity index (χ1n) is 6.64. The molecule has 1 rings (SSSR count). The largest absolute Gasteiger partial charge is 0.481 e. The molecule has 0 bridgehead atoms. The summed E-state index contributed by atoms with van der Waals surface area (Å²) in [5.74, 6) is -0.601. The van der Waals surface area contributed by atoms with Gasteiger partial charge in [-0.25, -0.2) is 0 Å². The van der Waals surface area contributed by atoms with Crippen molar-refractivity contribution >= 4 is 11.8 Å². The quantitative estimate of drug-likeness (QED) is 0.791. The van der Waals surface area contributed by atoms with Gasteiger partial charge >= 0.3 is 5.97 Å². The summed E-state index contributed by atoms with van der Waals surface area (Å²) >= 11 is 0. The predicted octanol–water partition coefficient (Wildman–Crippen LogP) is 3.88. The molecule has 0 aromatic heterocycles. The van der Waals surface area contributed by atoms with Crippen LogP contribution in [-0.4, -0.2) is 16.9 Å². The summed E-state index contributed by atoms with van der Waals surface area (Å²) in [6.45, 7) is 7.61. The molecule has 3 heteroatoms. The van der Waals surface area contributed by atoms with Crippen LogP contribution in [0.15, 0.2) is 24.3 Å². The highest BCUT2D eigenvalue weighted by molar-refractivity contribution is 6.01. The van der Waals surface area contributed by atoms with Gasteiger partial charge in [-0.05, 0) is 17.9 Å². The molecule has 3 nitrogen and oxygen atoms in total. The third-order valence-corrected chi connectivity index (χ3v) is 3.56. The molecule has 1 N–H and O–H groups in total. The van der Waals surface area contributed by atoms with Crippen molar-refractivity contribution in [3.63, 3.8) is 0 Å². The van der Waals surface area contributed by atoms with Gasteiger partial charge in [0, 0.05) is 11.0 Å². The Hall–Kier alpha value is -1.64. The first-order valence-corrected chi connectivity index (χ1v) is 6.64. The molecule has 19 heavy (non-hydrogen) atoms. The molecule has 0 aliphatic rings. The van der Waals surface area contributed by atoms with E-state index in [0.29, 0.717) is 11.5 Å². The number of carboxylic acids is 1. The van der Waals surface area contributed by atoms with Gasteiger partial charge in [-0.2, -0.15) is 0 Å². The molecule has 1 aromatic carbocycles. The van der Waals surface area contributed by atoms with Crippen LogP contribution in [0, 0.1) is 5.41 Å². The van der Waals surface area contributed by atoms with E-state index in [4.69, 9.17) is 5.11 Å². The molecule has 0 aliphatic carbocycles. The Morgan fingerprint density at radius 2 is 1.74 bits per heavy atom. The van der Waals surface area contributed by atoms with Crippen molar-refractivity contribution in [2.75, 3.05) is 0 Å². The fourth-order valence-corrected chi connectivity index (χ4v) is 2.05. The summed E-state index contributed by atoms with van der Waals surface area (Å²) in [5.41, 5.74) is 0.914. The van der Waals surface area contributed by atoms with Crippen LogP contribution in [0.5, 0.6) is 0 Å². The van der Waals surface area contributed by atoms with Crippen LogP contribution in [0.2, 0.25) is 0 Å². The highest BCUT2D eigenvalue weighted by Gasteiger charge is 2.31. The zero-order valence-corrected chi connectivity index (χ0v) is 12.1. The van der Waals surface area contributed by atoms with Gasteiger partial charge in [-0.3, -0.25) is 9.59 Å². The molecule has 0 heterocycles. The Morgan fingerprint density at radius 1 is 1.21 bits per heavy atom. The maximum Gasteiger partial charge on any atom is 0.304 e. The zero-order valence-electron chi connectivity index (χ0n) is 12.1. The third kappa shape index (κ3) is 3.91. The van der Waals surface area contributed by atoms with Gasteiger partial charge in [0.05, 0.1) is 6.42 Å². The summed E-state index contributed by atoms with van der Waals surface area (Å²) < 4.78 is 0. The monoisotopic (exact) mass is 262 g/mol. The molecule has 0 radical (unpaired) electrons. The van der Waals surface area contributed by atoms with Crippen molar-refractivity contribution < 1.29 is 14.7 Å². The molecule has 0 spiro atoms. The number of carbonyl (C=O) groups is 2. The molecule has 0 fully saturated rings. The van der Waals surface area contributed by atoms with E-state index in [2.05, 4.69) is 13.8 Å². The van der Waals surface area contributed by atoms with Gasteiger partial charge in [-0.1, -0.05) is 52.0 Å². The second-order valence-electron chi connectivity index (χ2n) is 5.71. The number of carbonyl (C=O) groups excluding carboxylic acids is 1. The number of rotatable bonds is 6. The Labute approximate surface area is 114 Å². The number of hydrogen-bond donors (Lipinski definition) is 1. The number of aliphatic carboxylic acids is 1. The molecule has 0 amide bonds. The van der Waals surface area contributed by atoms with Crippen LogP contribution in [0.1, 0.15) is 62.4 Å². The Morgan fingerprint density at radius 3 is 2.16 bits per heavy atom. The first-order chi connectivity index (χ1) is 8.77. The third-order valence-electron chi connectivity index (χ3n) is 3.56. The highest BCUT2D eigenvalue weighted by atomic mass is 16.4. The summed E-state index contributed by atoms with van der Waals surface area (Å²) in [4.78, 5) is 23.1. The lowest BCUT2D eigenvalue weighted by Gasteiger charge is -2.21. The summed E-state index contributed by atoms with van der Waals surface area (Å²) in [7, 11) is 0. The van der Waals surface area contributed by atoms with E-state index >= 15 is 0 Å². The lowest BCUT2D eigenvalue weighted by atomic mass is 9.81. The van der Waals surface area contributed by atoms with Crippen LogP contribution in [0.3, 0.4) is 0 Å². The molecule has 0 saturated carbocycles. The van der Waals surface area contributed by atoms with Crippen LogP contribution in [0.4, 0.5) is 0 Å². The number of hydrogen-bond acceptors (Lipinski definition) is 2. The summed E-state index contributed by atoms with van der Waals surface area (Å²) in [6.07, 6.45) is 0.900. The topological polar surface area (TPSA) is 54.4 Å². The molecular weight excluding hydrogens is 240 g/mol. The number of carboxylic acid groups (broad SMARTS) is 1. The van der Waals surface area contributed by atoms with Crippen LogP contribution < -0.4 is 0 Å². The second-order valence-corrected chi connectivity index (χ2v) is 5.71. The van der Waals surface area contributed by atoms with E-state index in [9.17, 15) is 9.59 Å². The Bertz CT molecular complexity index is 457. The first kappa shape index (κ1) is 15.4. The maximum atomic E-state index is 12.3. The molecule has 0 aliphatic heterocycles. The predicted molar refractivity (Wildman–Crippen MR) is 75.5 cm³/mol. The molecular formula is C16H22O3. The fraction of sp³-hybridized carbons (Fsp3) is 0.500. The lowest BCUT2D eigenvalue weighted by molar-refractivity contribution is -0.138. The van der Waals surface area contributed by atoms with Gasteiger partial charge in [0.15, 0.2) is 5.78 Å². The SMILES string of the molecule is CCC(C)c1ccc(C(=O)C(C)(C)CC(=O)O)cc1. The van der Waals surface area contributed by atoms with Crippen LogP contribution in [0.25, 0.3) is 0 Å². The van der Waals surface area contributed by atoms with E-state index in [-0.39, 0.29) is 12.2 Å². The lowest BCUT2D eigenvalue weighted by Crippen LogP contribution is -2.27. The van der Waals surface area contributed by atoms with Crippen molar-refractivity contribution in [2.24, 2.45) is 5.41 Å². The normalized spacial score (nSPS) is 13.1. The number of benzene rings is 1. The molecule has 0 saturated heterocycles. The standard InChI is InChI=1S/C16H22O3/c1-5-11(2)12-6-8-13(9-7-12)15(19)16(3,4)10-14(17)18/h6-9,11H,5,10H2,1-4H3,(H,17,18). The van der Waals surface area contributed by atoms with E-state index in [1.165, 1.54) is 5.56 Å². The number of ketones is 1. The Kier molecular flexibility index (Phi) is 4.87. The Balaban J connectivity index is 2.92. The van der Waals surface area contributed by atoms with Crippen molar-refractivity contribution in [1.82, 2.24) is 0 Å². The van der Waals surface area contributed by atoms with E-state index < -0.39 is 11.4 Å². The van der Waals surface area contributed by atoms with Crippen molar-refractivity contribution in [2.45, 2.75) is 46.5 Å². The van der Waals surface area contributed by atoms with Crippen molar-refractivity contribution in [3.8, 4) is 0 Å². The van der Waals surface area contributed by atoms with Gasteiger partial charge in [-0.15, -0.1) is 0 Å². The van der Waals surface area contributed by atoms with Gasteiger partial charge in [0.2, 0.25) is 0 Å². The van der Waals surface area contributed by atoms with Crippen LogP contribution in [-0.2, 0) is 4.79 Å². The average molecular weight is 262 g/mol. The van der Waals surface area contributed by atoms with Gasteiger partial charge < -0.3 is 5.11 Å². The molecule has 104 valence electrons. The summed E-state index contributed by atoms with van der Waals surface area (Å²) in [6, 6.07) is 7.51. The average Bonchev–Trinajstić information content (AvgIpc) is 2.35. The van der Waals surface area contributed by atoms with Gasteiger partial charge in [0.25, 0.3) is 0 Å². The highest BCUT2D eigenvalue weighted by Crippen LogP contribution is 2.27.